The second-order valence-electron chi connectivity index (χ2n) is 7.18. The zero-order valence-corrected chi connectivity index (χ0v) is 19.2. The third-order valence-corrected chi connectivity index (χ3v) is 4.17. The summed E-state index contributed by atoms with van der Waals surface area (Å²) in [5, 5.41) is 35.5. The van der Waals surface area contributed by atoms with Crippen LogP contribution in [0.2, 0.25) is 0 Å². The van der Waals surface area contributed by atoms with E-state index in [-0.39, 0.29) is 12.4 Å². The minimum absolute atomic E-state index is 0. The van der Waals surface area contributed by atoms with Crippen LogP contribution >= 0.6 is 12.4 Å². The van der Waals surface area contributed by atoms with E-state index >= 15 is 0 Å². The van der Waals surface area contributed by atoms with Crippen molar-refractivity contribution in [3.63, 3.8) is 0 Å². The molecular formula is C23H28ClNO8. The first-order valence-corrected chi connectivity index (χ1v) is 9.65. The highest BCUT2D eigenvalue weighted by molar-refractivity contribution is 5.87. The molecule has 0 heterocycles. The topological polar surface area (TPSA) is 147 Å². The predicted octanol–water partition coefficient (Wildman–Crippen LogP) is 0.838. The summed E-state index contributed by atoms with van der Waals surface area (Å²) in [5.74, 6) is -4.37. The number of benzene rings is 2. The van der Waals surface area contributed by atoms with E-state index in [9.17, 15) is 19.5 Å². The van der Waals surface area contributed by atoms with Crippen molar-refractivity contribution in [1.29, 1.82) is 0 Å². The first kappa shape index (κ1) is 29.6. The van der Waals surface area contributed by atoms with Crippen molar-refractivity contribution in [1.82, 2.24) is 0 Å². The Morgan fingerprint density at radius 1 is 1.00 bits per heavy atom. The van der Waals surface area contributed by atoms with Crippen LogP contribution in [0, 0.1) is 0 Å². The Balaban J connectivity index is 0.000000649. The molecule has 0 aliphatic rings. The van der Waals surface area contributed by atoms with Crippen LogP contribution in [0.15, 0.2) is 54.6 Å². The highest BCUT2D eigenvalue weighted by Gasteiger charge is 2.38. The largest absolute Gasteiger partial charge is 0.550 e. The average molecular weight is 482 g/mol. The van der Waals surface area contributed by atoms with E-state index in [1.165, 1.54) is 11.1 Å². The molecule has 9 nitrogen and oxygen atoms in total. The smallest absolute Gasteiger partial charge is 0.336 e. The summed E-state index contributed by atoms with van der Waals surface area (Å²) in [5.41, 5.74) is -0.277. The number of aliphatic hydroxyl groups is 1. The Morgan fingerprint density at radius 3 is 2.09 bits per heavy atom. The van der Waals surface area contributed by atoms with Crippen molar-refractivity contribution in [2.45, 2.75) is 24.9 Å². The molecular weight excluding hydrogens is 454 g/mol. The third-order valence-electron chi connectivity index (χ3n) is 4.17. The number of aliphatic carboxylic acids is 3. The Labute approximate surface area is 198 Å². The summed E-state index contributed by atoms with van der Waals surface area (Å²) in [6.07, 6.45) is 0.475. The Morgan fingerprint density at radius 2 is 1.58 bits per heavy atom. The van der Waals surface area contributed by atoms with Crippen molar-refractivity contribution in [3.05, 3.63) is 65.7 Å². The van der Waals surface area contributed by atoms with Crippen LogP contribution in [0.1, 0.15) is 24.0 Å². The van der Waals surface area contributed by atoms with Gasteiger partial charge in [-0.1, -0.05) is 48.5 Å². The van der Waals surface area contributed by atoms with Gasteiger partial charge in [-0.05, 0) is 17.2 Å². The van der Waals surface area contributed by atoms with E-state index < -0.39 is 36.4 Å². The van der Waals surface area contributed by atoms with Crippen molar-refractivity contribution in [2.24, 2.45) is 0 Å². The quantitative estimate of drug-likeness (QED) is 0.334. The maximum atomic E-state index is 10.3. The van der Waals surface area contributed by atoms with Gasteiger partial charge in [0.1, 0.15) is 19.8 Å². The molecule has 0 fully saturated rings. The summed E-state index contributed by atoms with van der Waals surface area (Å²) in [4.78, 5) is 30.3. The SMILES string of the molecule is C[N+](C)=CCOc1ccccc1Cc1ccccc1.Cl.O=C([O-])CC(O)(CC(=O)O)C(=O)O. The van der Waals surface area contributed by atoms with Gasteiger partial charge in [0, 0.05) is 18.8 Å². The molecule has 0 aliphatic carbocycles. The van der Waals surface area contributed by atoms with Gasteiger partial charge in [-0.15, -0.1) is 12.4 Å². The highest BCUT2D eigenvalue weighted by Crippen LogP contribution is 2.21. The minimum Gasteiger partial charge on any atom is -0.550 e. The zero-order valence-electron chi connectivity index (χ0n) is 18.3. The van der Waals surface area contributed by atoms with Crippen molar-refractivity contribution < 1.29 is 44.1 Å². The van der Waals surface area contributed by atoms with E-state index in [0.717, 1.165) is 12.2 Å². The lowest BCUT2D eigenvalue weighted by Crippen LogP contribution is -2.45. The van der Waals surface area contributed by atoms with E-state index in [1.807, 2.05) is 43.1 Å². The second kappa shape index (κ2) is 14.6. The lowest BCUT2D eigenvalue weighted by molar-refractivity contribution is -0.460. The van der Waals surface area contributed by atoms with Crippen LogP contribution in [0.3, 0.4) is 0 Å². The molecule has 0 bridgehead atoms. The van der Waals surface area contributed by atoms with Gasteiger partial charge < -0.3 is 30.0 Å². The summed E-state index contributed by atoms with van der Waals surface area (Å²) in [7, 11) is 4.00. The number of halogens is 1. The van der Waals surface area contributed by atoms with Crippen LogP contribution in [-0.2, 0) is 20.8 Å². The van der Waals surface area contributed by atoms with Gasteiger partial charge in [0.25, 0.3) is 0 Å². The van der Waals surface area contributed by atoms with Crippen LogP contribution in [0.4, 0.5) is 0 Å². The fourth-order valence-electron chi connectivity index (χ4n) is 2.59. The first-order chi connectivity index (χ1) is 15.0. The molecule has 180 valence electrons. The van der Waals surface area contributed by atoms with Crippen molar-refractivity contribution >= 4 is 36.5 Å². The number of ether oxygens (including phenoxy) is 1. The summed E-state index contributed by atoms with van der Waals surface area (Å²) in [6.45, 7) is 0.596. The Hall–Kier alpha value is -3.43. The summed E-state index contributed by atoms with van der Waals surface area (Å²) >= 11 is 0. The van der Waals surface area contributed by atoms with E-state index in [0.29, 0.717) is 6.61 Å². The molecule has 0 spiro atoms. The van der Waals surface area contributed by atoms with Crippen LogP contribution in [0.25, 0.3) is 0 Å². The molecule has 2 rings (SSSR count). The monoisotopic (exact) mass is 481 g/mol. The third kappa shape index (κ3) is 11.7. The standard InChI is InChI=1S/C17H20NO.C6H8O7.ClH/c1-18(2)12-13-19-17-11-7-6-10-16(17)14-15-8-4-3-5-9-15;7-3(8)1-6(13,5(11)12)2-4(9)10;/h3-12H,13-14H2,1-2H3;13H,1-2H2,(H,7,8)(H,9,10)(H,11,12);1H/q+1;;/p-1. The number of hydrogen-bond donors (Lipinski definition) is 3. The van der Waals surface area contributed by atoms with Crippen LogP contribution in [-0.4, -0.2) is 70.3 Å². The van der Waals surface area contributed by atoms with Gasteiger partial charge in [-0.25, -0.2) is 9.37 Å². The second-order valence-corrected chi connectivity index (χ2v) is 7.18. The predicted molar refractivity (Wildman–Crippen MR) is 121 cm³/mol. The molecule has 0 aliphatic heterocycles. The maximum Gasteiger partial charge on any atom is 0.336 e. The number of carboxylic acids is 3. The molecule has 1 atom stereocenters. The van der Waals surface area contributed by atoms with Gasteiger partial charge in [0.05, 0.1) is 6.42 Å². The van der Waals surface area contributed by atoms with Gasteiger partial charge in [-0.3, -0.25) is 4.79 Å². The number of hydrogen-bond acceptors (Lipinski definition) is 6. The maximum absolute atomic E-state index is 10.3. The lowest BCUT2D eigenvalue weighted by Gasteiger charge is -2.21. The number of carbonyl (C=O) groups is 3. The van der Waals surface area contributed by atoms with Gasteiger partial charge >= 0.3 is 11.9 Å². The lowest BCUT2D eigenvalue weighted by atomic mass is 9.96. The first-order valence-electron chi connectivity index (χ1n) is 9.65. The van der Waals surface area contributed by atoms with Gasteiger partial charge in [0.15, 0.2) is 18.4 Å². The van der Waals surface area contributed by atoms with Crippen LogP contribution < -0.4 is 9.84 Å². The zero-order chi connectivity index (χ0) is 24.1. The van der Waals surface area contributed by atoms with E-state index in [2.05, 4.69) is 36.4 Å². The molecule has 0 aromatic heterocycles. The Bertz CT molecular complexity index is 926. The number of rotatable bonds is 10. The molecule has 1 unspecified atom stereocenters. The number of para-hydroxylation sites is 1. The fourth-order valence-corrected chi connectivity index (χ4v) is 2.59. The molecule has 0 saturated carbocycles. The fraction of sp³-hybridized carbons (Fsp3) is 0.304. The number of nitrogens with zero attached hydrogens (tertiary/aromatic N) is 1. The highest BCUT2D eigenvalue weighted by atomic mass is 35.5. The molecule has 2 aromatic rings. The minimum atomic E-state index is -2.80. The summed E-state index contributed by atoms with van der Waals surface area (Å²) in [6, 6.07) is 18.7. The molecule has 10 heteroatoms. The number of carboxylic acid groups (broad SMARTS) is 3. The van der Waals surface area contributed by atoms with Gasteiger partial charge in [-0.2, -0.15) is 0 Å². The van der Waals surface area contributed by atoms with Gasteiger partial charge in [0.2, 0.25) is 0 Å². The molecule has 0 radical (unpaired) electrons. The van der Waals surface area contributed by atoms with Crippen molar-refractivity contribution in [3.8, 4) is 5.75 Å². The molecule has 0 amide bonds. The molecule has 33 heavy (non-hydrogen) atoms. The normalized spacial score (nSPS) is 11.5. The molecule has 2 aromatic carbocycles. The molecule has 0 saturated heterocycles. The number of carbonyl (C=O) groups excluding carboxylic acids is 1. The van der Waals surface area contributed by atoms with Crippen molar-refractivity contribution in [2.75, 3.05) is 20.7 Å². The Kier molecular flexibility index (Phi) is 13.1. The molecule has 3 N–H and O–H groups in total. The van der Waals surface area contributed by atoms with E-state index in [4.69, 9.17) is 20.1 Å². The van der Waals surface area contributed by atoms with E-state index in [1.54, 1.807) is 0 Å². The average Bonchev–Trinajstić information content (AvgIpc) is 2.69. The summed E-state index contributed by atoms with van der Waals surface area (Å²) < 4.78 is 7.82. The van der Waals surface area contributed by atoms with Crippen LogP contribution in [0.5, 0.6) is 5.75 Å².